The summed E-state index contributed by atoms with van der Waals surface area (Å²) < 4.78 is 39.8. The second-order valence-electron chi connectivity index (χ2n) is 12.1. The molecule has 0 spiro atoms. The number of ether oxygens (including phenoxy) is 2. The monoisotopic (exact) mass is 756 g/mol. The average Bonchev–Trinajstić information content (AvgIpc) is 3.62. The van der Waals surface area contributed by atoms with Crippen molar-refractivity contribution >= 4 is 62.1 Å². The Morgan fingerprint density at radius 2 is 1.58 bits per heavy atom. The van der Waals surface area contributed by atoms with Gasteiger partial charge in [-0.2, -0.15) is 0 Å². The molecule has 3 heterocycles. The number of hydrogen-bond donors (Lipinski definition) is 1. The number of imide groups is 1. The zero-order chi connectivity index (χ0) is 35.6. The lowest BCUT2D eigenvalue weighted by atomic mass is 9.99. The molecule has 1 aromatic heterocycles. The normalized spacial score (nSPS) is 16.4. The molecule has 50 heavy (non-hydrogen) atoms. The summed E-state index contributed by atoms with van der Waals surface area (Å²) in [7, 11) is -0.884. The fourth-order valence-corrected chi connectivity index (χ4v) is 9.94. The van der Waals surface area contributed by atoms with Gasteiger partial charge in [0.1, 0.15) is 9.23 Å². The zero-order valence-corrected chi connectivity index (χ0v) is 31.0. The van der Waals surface area contributed by atoms with Crippen LogP contribution in [0.1, 0.15) is 63.7 Å². The van der Waals surface area contributed by atoms with Crippen LogP contribution in [0.15, 0.2) is 77.7 Å². The Kier molecular flexibility index (Phi) is 11.1. The summed E-state index contributed by atoms with van der Waals surface area (Å²) >= 11 is 13.1. The van der Waals surface area contributed by atoms with Crippen LogP contribution in [0.4, 0.5) is 5.69 Å². The first-order valence-electron chi connectivity index (χ1n) is 16.2. The van der Waals surface area contributed by atoms with E-state index in [1.165, 1.54) is 30.7 Å². The number of thiophene rings is 1. The first kappa shape index (κ1) is 36.2. The van der Waals surface area contributed by atoms with Crippen molar-refractivity contribution in [2.75, 3.05) is 51.8 Å². The Morgan fingerprint density at radius 1 is 0.860 bits per heavy atom. The van der Waals surface area contributed by atoms with Crippen molar-refractivity contribution in [2.24, 2.45) is 0 Å². The minimum atomic E-state index is -3.93. The molecule has 2 unspecified atom stereocenters. The van der Waals surface area contributed by atoms with E-state index in [1.807, 2.05) is 18.2 Å². The lowest BCUT2D eigenvalue weighted by Crippen LogP contribution is -2.47. The molecule has 264 valence electrons. The van der Waals surface area contributed by atoms with Crippen LogP contribution in [-0.4, -0.2) is 77.0 Å². The highest BCUT2D eigenvalue weighted by Gasteiger charge is 2.43. The molecule has 1 saturated heterocycles. The SMILES string of the molecule is COc1ccc(C(CCCNS(=O)(=O)c2cc(Cl)sc2Cl)N2C(=O)c3cccc(N4CCN(C(C)c5ccccc5)CC4)c3C2=O)cc1OC. The van der Waals surface area contributed by atoms with Gasteiger partial charge >= 0.3 is 0 Å². The van der Waals surface area contributed by atoms with Gasteiger partial charge in [-0.15, -0.1) is 11.3 Å². The van der Waals surface area contributed by atoms with E-state index in [4.69, 9.17) is 32.7 Å². The van der Waals surface area contributed by atoms with Crippen molar-refractivity contribution in [1.29, 1.82) is 0 Å². The van der Waals surface area contributed by atoms with E-state index in [0.717, 1.165) is 30.1 Å². The second-order valence-corrected chi connectivity index (χ2v) is 16.2. The highest BCUT2D eigenvalue weighted by Crippen LogP contribution is 2.41. The van der Waals surface area contributed by atoms with E-state index in [1.54, 1.807) is 24.3 Å². The minimum absolute atomic E-state index is 0.0377. The molecule has 4 aromatic rings. The zero-order valence-electron chi connectivity index (χ0n) is 27.9. The van der Waals surface area contributed by atoms with Gasteiger partial charge in [0.05, 0.1) is 41.4 Å². The quantitative estimate of drug-likeness (QED) is 0.114. The summed E-state index contributed by atoms with van der Waals surface area (Å²) in [5, 5.41) is 0. The number of nitrogens with one attached hydrogen (secondary N) is 1. The number of piperazine rings is 1. The Balaban J connectivity index is 1.24. The van der Waals surface area contributed by atoms with Gasteiger partial charge in [-0.25, -0.2) is 13.1 Å². The number of anilines is 1. The molecular formula is C36H38Cl2N4O6S2. The topological polar surface area (TPSA) is 108 Å². The van der Waals surface area contributed by atoms with Crippen LogP contribution >= 0.6 is 34.5 Å². The van der Waals surface area contributed by atoms with Crippen LogP contribution in [0.3, 0.4) is 0 Å². The maximum atomic E-state index is 14.4. The molecule has 2 aliphatic heterocycles. The average molecular weight is 758 g/mol. The standard InChI is InChI=1S/C36H38Cl2N4O6S2/c1-23(24-9-5-4-6-10-24)40-17-19-41(20-18-40)28-12-7-11-26-33(28)36(44)42(35(26)43)27(25-14-15-29(47-2)30(21-25)48-3)13-8-16-39-50(45,46)31-22-32(37)49-34(31)38/h4-7,9-12,14-15,21-23,27,39H,8,13,16-20H2,1-3H3. The number of carbonyl (C=O) groups is 2. The fraction of sp³-hybridized carbons (Fsp3) is 0.333. The fourth-order valence-electron chi connectivity index (χ4n) is 6.72. The van der Waals surface area contributed by atoms with Gasteiger partial charge in [0, 0.05) is 38.8 Å². The van der Waals surface area contributed by atoms with Gasteiger partial charge in [0.15, 0.2) is 11.5 Å². The van der Waals surface area contributed by atoms with Crippen molar-refractivity contribution < 1.29 is 27.5 Å². The van der Waals surface area contributed by atoms with E-state index < -0.39 is 22.0 Å². The van der Waals surface area contributed by atoms with E-state index >= 15 is 0 Å². The molecule has 14 heteroatoms. The van der Waals surface area contributed by atoms with Gasteiger partial charge < -0.3 is 14.4 Å². The number of halogens is 2. The van der Waals surface area contributed by atoms with Crippen molar-refractivity contribution in [3.8, 4) is 11.5 Å². The Hall–Kier alpha value is -3.65. The molecule has 2 amide bonds. The number of amides is 2. The van der Waals surface area contributed by atoms with E-state index in [2.05, 4.69) is 45.7 Å². The number of benzene rings is 3. The number of hydrogen-bond acceptors (Lipinski definition) is 9. The molecule has 0 aliphatic carbocycles. The van der Waals surface area contributed by atoms with E-state index in [9.17, 15) is 18.0 Å². The van der Waals surface area contributed by atoms with Gasteiger partial charge in [0.2, 0.25) is 10.0 Å². The summed E-state index contributed by atoms with van der Waals surface area (Å²) in [4.78, 5) is 34.4. The largest absolute Gasteiger partial charge is 0.493 e. The number of carbonyl (C=O) groups excluding carboxylic acids is 2. The third-order valence-corrected chi connectivity index (χ3v) is 12.6. The molecule has 1 N–H and O–H groups in total. The van der Waals surface area contributed by atoms with Gasteiger partial charge in [-0.1, -0.05) is 65.7 Å². The molecule has 1 fully saturated rings. The summed E-state index contributed by atoms with van der Waals surface area (Å²) in [6, 6.07) is 21.9. The maximum Gasteiger partial charge on any atom is 0.264 e. The Morgan fingerprint density at radius 3 is 2.24 bits per heavy atom. The van der Waals surface area contributed by atoms with Crippen LogP contribution in [0.2, 0.25) is 8.67 Å². The number of nitrogens with zero attached hydrogens (tertiary/aromatic N) is 3. The van der Waals surface area contributed by atoms with Crippen molar-refractivity contribution in [3.63, 3.8) is 0 Å². The third-order valence-electron chi connectivity index (χ3n) is 9.37. The van der Waals surface area contributed by atoms with Crippen LogP contribution < -0.4 is 19.1 Å². The molecular weight excluding hydrogens is 719 g/mol. The molecule has 2 atom stereocenters. The first-order chi connectivity index (χ1) is 24.0. The minimum Gasteiger partial charge on any atom is -0.493 e. The summed E-state index contributed by atoms with van der Waals surface area (Å²) in [5.74, 6) is 0.156. The van der Waals surface area contributed by atoms with Crippen molar-refractivity contribution in [1.82, 2.24) is 14.5 Å². The molecule has 3 aromatic carbocycles. The van der Waals surface area contributed by atoms with E-state index in [-0.39, 0.29) is 38.5 Å². The van der Waals surface area contributed by atoms with E-state index in [0.29, 0.717) is 47.7 Å². The lowest BCUT2D eigenvalue weighted by molar-refractivity contribution is 0.0572. The molecule has 0 bridgehead atoms. The predicted molar refractivity (Wildman–Crippen MR) is 197 cm³/mol. The van der Waals surface area contributed by atoms with Crippen molar-refractivity contribution in [2.45, 2.75) is 36.7 Å². The summed E-state index contributed by atoms with van der Waals surface area (Å²) in [6.07, 6.45) is 0.572. The molecule has 0 saturated carbocycles. The number of rotatable bonds is 13. The van der Waals surface area contributed by atoms with Gasteiger partial charge in [-0.05, 0) is 61.2 Å². The third kappa shape index (κ3) is 7.23. The molecule has 10 nitrogen and oxygen atoms in total. The highest BCUT2D eigenvalue weighted by atomic mass is 35.5. The summed E-state index contributed by atoms with van der Waals surface area (Å²) in [6.45, 7) is 5.26. The number of methoxy groups -OCH3 is 2. The van der Waals surface area contributed by atoms with Gasteiger partial charge in [-0.3, -0.25) is 19.4 Å². The Labute approximate surface area is 306 Å². The predicted octanol–water partition coefficient (Wildman–Crippen LogP) is 7.05. The number of sulfonamides is 1. The second kappa shape index (κ2) is 15.3. The molecule has 0 radical (unpaired) electrons. The van der Waals surface area contributed by atoms with Crippen LogP contribution in [0.25, 0.3) is 0 Å². The van der Waals surface area contributed by atoms with Crippen LogP contribution in [-0.2, 0) is 10.0 Å². The number of fused-ring (bicyclic) bond motifs is 1. The summed E-state index contributed by atoms with van der Waals surface area (Å²) in [5.41, 5.74) is 3.38. The van der Waals surface area contributed by atoms with Crippen LogP contribution in [0, 0.1) is 0 Å². The lowest BCUT2D eigenvalue weighted by Gasteiger charge is -2.39. The highest BCUT2D eigenvalue weighted by molar-refractivity contribution is 7.89. The van der Waals surface area contributed by atoms with Crippen LogP contribution in [0.5, 0.6) is 11.5 Å². The Bertz CT molecular complexity index is 1980. The van der Waals surface area contributed by atoms with Gasteiger partial charge in [0.25, 0.3) is 11.8 Å². The molecule has 2 aliphatic rings. The smallest absolute Gasteiger partial charge is 0.264 e. The molecule has 6 rings (SSSR count). The first-order valence-corrected chi connectivity index (χ1v) is 19.3. The maximum absolute atomic E-state index is 14.4. The van der Waals surface area contributed by atoms with Crippen molar-refractivity contribution in [3.05, 3.63) is 104 Å².